The predicted molar refractivity (Wildman–Crippen MR) is 92.6 cm³/mol. The van der Waals surface area contributed by atoms with Crippen LogP contribution in [0.15, 0.2) is 41.9 Å². The number of nitrogens with zero attached hydrogens (tertiary/aromatic N) is 1. The van der Waals surface area contributed by atoms with Gasteiger partial charge in [0.15, 0.2) is 11.5 Å². The van der Waals surface area contributed by atoms with Gasteiger partial charge in [-0.25, -0.2) is 9.37 Å². The first-order valence-electron chi connectivity index (χ1n) is 7.17. The van der Waals surface area contributed by atoms with Crippen molar-refractivity contribution in [2.45, 2.75) is 0 Å². The standard InChI is InChI=1S/C18H16FNO3S/c1-21-14-8-12(9-15(22-2)17(14)23-3)18-16(20-10-24-18)11-4-6-13(19)7-5-11/h4-10H,1-3H3. The molecule has 24 heavy (non-hydrogen) atoms. The first kappa shape index (κ1) is 16.3. The zero-order valence-corrected chi connectivity index (χ0v) is 14.3. The van der Waals surface area contributed by atoms with Crippen LogP contribution in [-0.4, -0.2) is 26.3 Å². The van der Waals surface area contributed by atoms with E-state index in [-0.39, 0.29) is 5.82 Å². The molecule has 1 aromatic heterocycles. The van der Waals surface area contributed by atoms with E-state index in [1.54, 1.807) is 39.0 Å². The lowest BCUT2D eigenvalue weighted by Gasteiger charge is -2.14. The van der Waals surface area contributed by atoms with Crippen molar-refractivity contribution in [1.29, 1.82) is 0 Å². The molecule has 0 N–H and O–H groups in total. The van der Waals surface area contributed by atoms with Gasteiger partial charge in [-0.05, 0) is 36.4 Å². The van der Waals surface area contributed by atoms with Crippen LogP contribution in [0.1, 0.15) is 0 Å². The van der Waals surface area contributed by atoms with E-state index in [1.807, 2.05) is 12.1 Å². The topological polar surface area (TPSA) is 40.6 Å². The molecular weight excluding hydrogens is 329 g/mol. The Morgan fingerprint density at radius 2 is 1.50 bits per heavy atom. The average molecular weight is 345 g/mol. The minimum atomic E-state index is -0.275. The highest BCUT2D eigenvalue weighted by atomic mass is 32.1. The Hall–Kier alpha value is -2.60. The largest absolute Gasteiger partial charge is 0.493 e. The number of aromatic nitrogens is 1. The molecule has 3 rings (SSSR count). The Bertz CT molecular complexity index is 821. The second-order valence-electron chi connectivity index (χ2n) is 4.95. The molecule has 0 radical (unpaired) electrons. The van der Waals surface area contributed by atoms with Crippen molar-refractivity contribution in [3.05, 3.63) is 47.7 Å². The molecule has 0 saturated carbocycles. The maximum absolute atomic E-state index is 13.2. The molecule has 0 unspecified atom stereocenters. The molecule has 124 valence electrons. The fourth-order valence-corrected chi connectivity index (χ4v) is 3.28. The molecule has 0 aliphatic rings. The first-order chi connectivity index (χ1) is 11.7. The van der Waals surface area contributed by atoms with Gasteiger partial charge in [-0.3, -0.25) is 0 Å². The van der Waals surface area contributed by atoms with Gasteiger partial charge in [-0.15, -0.1) is 11.3 Å². The number of ether oxygens (including phenoxy) is 3. The molecule has 3 aromatic rings. The molecule has 0 bridgehead atoms. The van der Waals surface area contributed by atoms with Crippen molar-refractivity contribution in [2.75, 3.05) is 21.3 Å². The summed E-state index contributed by atoms with van der Waals surface area (Å²) in [5.74, 6) is 1.41. The highest BCUT2D eigenvalue weighted by molar-refractivity contribution is 7.13. The summed E-state index contributed by atoms with van der Waals surface area (Å²) < 4.78 is 29.3. The molecule has 0 aliphatic carbocycles. The summed E-state index contributed by atoms with van der Waals surface area (Å²) in [7, 11) is 4.72. The summed E-state index contributed by atoms with van der Waals surface area (Å²) in [4.78, 5) is 5.37. The molecule has 0 fully saturated rings. The summed E-state index contributed by atoms with van der Waals surface area (Å²) in [6.07, 6.45) is 0. The highest BCUT2D eigenvalue weighted by Crippen LogP contribution is 2.44. The lowest BCUT2D eigenvalue weighted by Crippen LogP contribution is -1.95. The van der Waals surface area contributed by atoms with E-state index >= 15 is 0 Å². The van der Waals surface area contributed by atoms with E-state index < -0.39 is 0 Å². The quantitative estimate of drug-likeness (QED) is 0.675. The minimum absolute atomic E-state index is 0.275. The molecule has 0 saturated heterocycles. The lowest BCUT2D eigenvalue weighted by molar-refractivity contribution is 0.324. The first-order valence-corrected chi connectivity index (χ1v) is 8.05. The van der Waals surface area contributed by atoms with Crippen molar-refractivity contribution in [3.8, 4) is 38.9 Å². The van der Waals surface area contributed by atoms with Crippen molar-refractivity contribution < 1.29 is 18.6 Å². The Morgan fingerprint density at radius 3 is 2.04 bits per heavy atom. The van der Waals surface area contributed by atoms with Gasteiger partial charge in [-0.1, -0.05) is 0 Å². The second-order valence-corrected chi connectivity index (χ2v) is 5.81. The third-order valence-corrected chi connectivity index (χ3v) is 4.49. The van der Waals surface area contributed by atoms with Gasteiger partial charge < -0.3 is 14.2 Å². The second kappa shape index (κ2) is 6.88. The maximum atomic E-state index is 13.2. The Morgan fingerprint density at radius 1 is 0.875 bits per heavy atom. The van der Waals surface area contributed by atoms with E-state index in [4.69, 9.17) is 14.2 Å². The smallest absolute Gasteiger partial charge is 0.203 e. The maximum Gasteiger partial charge on any atom is 0.203 e. The monoisotopic (exact) mass is 345 g/mol. The van der Waals surface area contributed by atoms with Crippen LogP contribution in [-0.2, 0) is 0 Å². The fraction of sp³-hybridized carbons (Fsp3) is 0.167. The van der Waals surface area contributed by atoms with Crippen molar-refractivity contribution in [3.63, 3.8) is 0 Å². The van der Waals surface area contributed by atoms with Gasteiger partial charge in [0.05, 0.1) is 37.4 Å². The molecule has 4 nitrogen and oxygen atoms in total. The van der Waals surface area contributed by atoms with Crippen LogP contribution >= 0.6 is 11.3 Å². The van der Waals surface area contributed by atoms with Crippen molar-refractivity contribution in [2.24, 2.45) is 0 Å². The van der Waals surface area contributed by atoms with E-state index in [1.165, 1.54) is 23.5 Å². The molecule has 0 aliphatic heterocycles. The number of thiazole rings is 1. The Labute approximate surface area is 143 Å². The van der Waals surface area contributed by atoms with E-state index in [2.05, 4.69) is 4.98 Å². The number of methoxy groups -OCH3 is 3. The molecular formula is C18H16FNO3S. The molecule has 6 heteroatoms. The SMILES string of the molecule is COc1cc(-c2scnc2-c2ccc(F)cc2)cc(OC)c1OC. The number of rotatable bonds is 5. The van der Waals surface area contributed by atoms with Crippen LogP contribution in [0.4, 0.5) is 4.39 Å². The van der Waals surface area contributed by atoms with E-state index in [9.17, 15) is 4.39 Å². The third kappa shape index (κ3) is 2.92. The Balaban J connectivity index is 2.14. The number of hydrogen-bond acceptors (Lipinski definition) is 5. The van der Waals surface area contributed by atoms with Gasteiger partial charge >= 0.3 is 0 Å². The van der Waals surface area contributed by atoms with Crippen molar-refractivity contribution >= 4 is 11.3 Å². The molecule has 2 aromatic carbocycles. The van der Waals surface area contributed by atoms with Gasteiger partial charge in [-0.2, -0.15) is 0 Å². The van der Waals surface area contributed by atoms with Crippen LogP contribution in [0.25, 0.3) is 21.7 Å². The summed E-state index contributed by atoms with van der Waals surface area (Å²) in [6.45, 7) is 0. The highest BCUT2D eigenvalue weighted by Gasteiger charge is 2.18. The van der Waals surface area contributed by atoms with Gasteiger partial charge in [0, 0.05) is 11.1 Å². The minimum Gasteiger partial charge on any atom is -0.493 e. The number of halogens is 1. The molecule has 0 spiro atoms. The van der Waals surface area contributed by atoms with E-state index in [0.717, 1.165) is 21.7 Å². The average Bonchev–Trinajstić information content (AvgIpc) is 3.10. The van der Waals surface area contributed by atoms with Gasteiger partial charge in [0.1, 0.15) is 5.82 Å². The molecule has 1 heterocycles. The Kier molecular flexibility index (Phi) is 4.66. The van der Waals surface area contributed by atoms with Crippen LogP contribution in [0.3, 0.4) is 0 Å². The van der Waals surface area contributed by atoms with Crippen LogP contribution < -0.4 is 14.2 Å². The molecule has 0 amide bonds. The summed E-state index contributed by atoms with van der Waals surface area (Å²) in [6, 6.07) is 10.0. The number of hydrogen-bond donors (Lipinski definition) is 0. The van der Waals surface area contributed by atoms with Crippen LogP contribution in [0.5, 0.6) is 17.2 Å². The summed E-state index contributed by atoms with van der Waals surface area (Å²) in [5, 5.41) is 0. The molecule has 0 atom stereocenters. The van der Waals surface area contributed by atoms with Crippen LogP contribution in [0.2, 0.25) is 0 Å². The van der Waals surface area contributed by atoms with Crippen LogP contribution in [0, 0.1) is 5.82 Å². The lowest BCUT2D eigenvalue weighted by atomic mass is 10.1. The van der Waals surface area contributed by atoms with E-state index in [0.29, 0.717) is 17.2 Å². The van der Waals surface area contributed by atoms with Gasteiger partial charge in [0.25, 0.3) is 0 Å². The summed E-state index contributed by atoms with van der Waals surface area (Å²) >= 11 is 1.50. The third-order valence-electron chi connectivity index (χ3n) is 3.61. The fourth-order valence-electron chi connectivity index (χ4n) is 2.48. The zero-order valence-electron chi connectivity index (χ0n) is 13.5. The number of benzene rings is 2. The normalized spacial score (nSPS) is 10.5. The predicted octanol–water partition coefficient (Wildman–Crippen LogP) is 4.64. The van der Waals surface area contributed by atoms with Crippen molar-refractivity contribution in [1.82, 2.24) is 4.98 Å². The summed E-state index contributed by atoms with van der Waals surface area (Å²) in [5.41, 5.74) is 4.29. The zero-order chi connectivity index (χ0) is 17.1. The van der Waals surface area contributed by atoms with Gasteiger partial charge in [0.2, 0.25) is 5.75 Å².